The molecule has 0 radical (unpaired) electrons. The summed E-state index contributed by atoms with van der Waals surface area (Å²) in [4.78, 5) is 4.67. The number of aromatic nitrogens is 3. The number of hydrogen-bond donors (Lipinski definition) is 2. The lowest BCUT2D eigenvalue weighted by Gasteiger charge is -2.22. The molecule has 0 aliphatic heterocycles. The first-order chi connectivity index (χ1) is 17.4. The number of rotatable bonds is 9. The monoisotopic (exact) mass is 546 g/mol. The molecule has 0 bridgehead atoms. The summed E-state index contributed by atoms with van der Waals surface area (Å²) < 4.78 is 58.0. The average Bonchev–Trinajstić information content (AvgIpc) is 3.50. The van der Waals surface area contributed by atoms with Gasteiger partial charge in [0.1, 0.15) is 5.01 Å². The van der Waals surface area contributed by atoms with Crippen molar-refractivity contribution in [3.63, 3.8) is 0 Å². The molecule has 1 aliphatic carbocycles. The van der Waals surface area contributed by atoms with Crippen molar-refractivity contribution in [1.82, 2.24) is 19.9 Å². The van der Waals surface area contributed by atoms with Gasteiger partial charge in [0, 0.05) is 0 Å². The molecular formula is C24H26N4O5S3. The standard InChI is InChI=1S/C24H26N4O5S3/c29-35(30)25-14-21-27-28-23(33-21)22(36(31,32)15-16-7-3-1-4-8-16)24-26-19-12-11-18(13-20(19)34-24)17-9-5-2-6-10-17/h2,5-6,9-13,16,22,35H,1,3-4,7-8,14-15H2,(H,25,29,30). The van der Waals surface area contributed by atoms with E-state index < -0.39 is 26.0 Å². The summed E-state index contributed by atoms with van der Waals surface area (Å²) in [5.74, 6) is 0.00471. The third kappa shape index (κ3) is 5.66. The predicted molar refractivity (Wildman–Crippen MR) is 139 cm³/mol. The van der Waals surface area contributed by atoms with Crippen LogP contribution in [0.5, 0.6) is 0 Å². The number of sulfone groups is 1. The summed E-state index contributed by atoms with van der Waals surface area (Å²) in [7, 11) is -6.60. The second kappa shape index (κ2) is 10.8. The Kier molecular flexibility index (Phi) is 7.47. The number of nitrogens with one attached hydrogen (secondary N) is 1. The van der Waals surface area contributed by atoms with E-state index in [-0.39, 0.29) is 30.0 Å². The maximum absolute atomic E-state index is 13.8. The Morgan fingerprint density at radius 3 is 2.56 bits per heavy atom. The average molecular weight is 547 g/mol. The van der Waals surface area contributed by atoms with Gasteiger partial charge < -0.3 is 4.42 Å². The van der Waals surface area contributed by atoms with Crippen LogP contribution in [0.4, 0.5) is 0 Å². The molecule has 4 aromatic rings. The van der Waals surface area contributed by atoms with E-state index in [0.717, 1.165) is 47.9 Å². The molecule has 1 atom stereocenters. The normalized spacial score (nSPS) is 16.0. The number of hydrogen-bond acceptors (Lipinski definition) is 9. The Morgan fingerprint density at radius 1 is 1.03 bits per heavy atom. The van der Waals surface area contributed by atoms with Gasteiger partial charge in [0.15, 0.2) is 15.1 Å². The van der Waals surface area contributed by atoms with E-state index in [1.165, 1.54) is 11.3 Å². The molecule has 2 heterocycles. The highest BCUT2D eigenvalue weighted by Crippen LogP contribution is 2.38. The maximum Gasteiger partial charge on any atom is 0.241 e. The maximum atomic E-state index is 13.8. The van der Waals surface area contributed by atoms with Crippen molar-refractivity contribution >= 4 is 42.3 Å². The highest BCUT2D eigenvalue weighted by atomic mass is 32.2. The number of thiazole rings is 1. The summed E-state index contributed by atoms with van der Waals surface area (Å²) in [6, 6.07) is 15.8. The van der Waals surface area contributed by atoms with Crippen molar-refractivity contribution in [2.75, 3.05) is 5.75 Å². The Balaban J connectivity index is 1.53. The molecule has 0 saturated heterocycles. The number of fused-ring (bicyclic) bond motifs is 1. The van der Waals surface area contributed by atoms with Crippen LogP contribution in [0.25, 0.3) is 21.3 Å². The lowest BCUT2D eigenvalue weighted by Crippen LogP contribution is -2.24. The van der Waals surface area contributed by atoms with Gasteiger partial charge in [-0.05, 0) is 42.0 Å². The van der Waals surface area contributed by atoms with E-state index in [1.807, 2.05) is 48.5 Å². The number of benzene rings is 2. The molecular weight excluding hydrogens is 520 g/mol. The summed E-state index contributed by atoms with van der Waals surface area (Å²) in [6.07, 6.45) is 4.93. The van der Waals surface area contributed by atoms with E-state index in [9.17, 15) is 16.8 Å². The quantitative estimate of drug-likeness (QED) is 0.301. The molecule has 1 saturated carbocycles. The fourth-order valence-electron chi connectivity index (χ4n) is 4.63. The molecule has 1 N–H and O–H groups in total. The minimum atomic E-state index is -3.74. The van der Waals surface area contributed by atoms with Crippen molar-refractivity contribution < 1.29 is 21.3 Å². The second-order valence-corrected chi connectivity index (χ2v) is 13.0. The van der Waals surface area contributed by atoms with Crippen molar-refractivity contribution in [2.45, 2.75) is 43.9 Å². The molecule has 1 aliphatic rings. The Bertz CT molecular complexity index is 1520. The van der Waals surface area contributed by atoms with Crippen LogP contribution in [-0.2, 0) is 27.3 Å². The third-order valence-electron chi connectivity index (χ3n) is 6.35. The molecule has 1 unspecified atom stereocenters. The third-order valence-corrected chi connectivity index (χ3v) is 10.1. The summed E-state index contributed by atoms with van der Waals surface area (Å²) in [6.45, 7) is -0.207. The van der Waals surface area contributed by atoms with E-state index in [4.69, 9.17) is 4.42 Å². The van der Waals surface area contributed by atoms with Crippen molar-refractivity contribution in [3.8, 4) is 11.1 Å². The van der Waals surface area contributed by atoms with Crippen LogP contribution in [0.3, 0.4) is 0 Å². The van der Waals surface area contributed by atoms with Crippen molar-refractivity contribution in [1.29, 1.82) is 0 Å². The van der Waals surface area contributed by atoms with Gasteiger partial charge >= 0.3 is 0 Å². The number of nitrogens with zero attached hydrogens (tertiary/aromatic N) is 3. The van der Waals surface area contributed by atoms with Gasteiger partial charge in [-0.1, -0.05) is 55.7 Å². The lowest BCUT2D eigenvalue weighted by atomic mass is 9.91. The van der Waals surface area contributed by atoms with Gasteiger partial charge in [-0.15, -0.1) is 21.5 Å². The summed E-state index contributed by atoms with van der Waals surface area (Å²) in [5.41, 5.74) is 2.76. The minimum Gasteiger partial charge on any atom is -0.422 e. The zero-order valence-corrected chi connectivity index (χ0v) is 21.9. The van der Waals surface area contributed by atoms with Crippen LogP contribution in [0.15, 0.2) is 52.9 Å². The Hall–Kier alpha value is -2.67. The van der Waals surface area contributed by atoms with Gasteiger partial charge in [-0.2, -0.15) is 0 Å². The van der Waals surface area contributed by atoms with E-state index in [2.05, 4.69) is 19.9 Å². The van der Waals surface area contributed by atoms with Gasteiger partial charge in [-0.25, -0.2) is 26.5 Å². The molecule has 12 heteroatoms. The SMILES string of the molecule is O=[SH](=O)NCc1nnc(C(c2nc3ccc(-c4ccccc4)cc3s2)S(=O)(=O)CC2CCCCC2)o1. The van der Waals surface area contributed by atoms with Gasteiger partial charge in [0.05, 0.1) is 22.5 Å². The molecule has 190 valence electrons. The van der Waals surface area contributed by atoms with Crippen LogP contribution in [0.1, 0.15) is 54.1 Å². The van der Waals surface area contributed by atoms with Gasteiger partial charge in [0.25, 0.3) is 0 Å². The first-order valence-electron chi connectivity index (χ1n) is 11.8. The zero-order chi connectivity index (χ0) is 25.1. The zero-order valence-electron chi connectivity index (χ0n) is 19.4. The first-order valence-corrected chi connectivity index (χ1v) is 15.5. The molecule has 9 nitrogen and oxygen atoms in total. The molecule has 5 rings (SSSR count). The van der Waals surface area contributed by atoms with E-state index >= 15 is 0 Å². The van der Waals surface area contributed by atoms with Crippen molar-refractivity contribution in [2.24, 2.45) is 5.92 Å². The molecule has 0 amide bonds. The highest BCUT2D eigenvalue weighted by Gasteiger charge is 2.38. The largest absolute Gasteiger partial charge is 0.422 e. The molecule has 2 aromatic heterocycles. The van der Waals surface area contributed by atoms with Crippen LogP contribution in [0, 0.1) is 5.92 Å². The lowest BCUT2D eigenvalue weighted by molar-refractivity contribution is 0.383. The summed E-state index contributed by atoms with van der Waals surface area (Å²) in [5, 5.41) is 7.02. The summed E-state index contributed by atoms with van der Waals surface area (Å²) >= 11 is 1.29. The number of thiol groups is 1. The first kappa shape index (κ1) is 25.0. The minimum absolute atomic E-state index is 0.00505. The van der Waals surface area contributed by atoms with Crippen LogP contribution >= 0.6 is 11.3 Å². The van der Waals surface area contributed by atoms with Crippen LogP contribution in [0.2, 0.25) is 0 Å². The van der Waals surface area contributed by atoms with Crippen molar-refractivity contribution in [3.05, 3.63) is 65.3 Å². The second-order valence-electron chi connectivity index (χ2n) is 8.94. The predicted octanol–water partition coefficient (Wildman–Crippen LogP) is 4.05. The molecule has 2 aromatic carbocycles. The molecule has 0 spiro atoms. The Labute approximate surface area is 215 Å². The topological polar surface area (TPSA) is 132 Å². The highest BCUT2D eigenvalue weighted by molar-refractivity contribution is 7.92. The molecule has 36 heavy (non-hydrogen) atoms. The smallest absolute Gasteiger partial charge is 0.241 e. The fourth-order valence-corrected chi connectivity index (χ4v) is 8.41. The van der Waals surface area contributed by atoms with Gasteiger partial charge in [-0.3, -0.25) is 0 Å². The van der Waals surface area contributed by atoms with E-state index in [1.54, 1.807) is 0 Å². The molecule has 1 fully saturated rings. The van der Waals surface area contributed by atoms with Crippen LogP contribution < -0.4 is 4.72 Å². The van der Waals surface area contributed by atoms with E-state index in [0.29, 0.717) is 10.5 Å². The fraction of sp³-hybridized carbons (Fsp3) is 0.375. The Morgan fingerprint density at radius 2 is 1.81 bits per heavy atom. The van der Waals surface area contributed by atoms with Crippen LogP contribution in [-0.4, -0.2) is 37.8 Å². The van der Waals surface area contributed by atoms with Gasteiger partial charge in [0.2, 0.25) is 22.7 Å².